The summed E-state index contributed by atoms with van der Waals surface area (Å²) in [4.78, 5) is 16.4. The molecular weight excluding hydrogens is 350 g/mol. The first-order chi connectivity index (χ1) is 13.6. The van der Waals surface area contributed by atoms with Crippen LogP contribution in [0.1, 0.15) is 21.5 Å². The van der Waals surface area contributed by atoms with Gasteiger partial charge in [-0.15, -0.1) is 0 Å². The van der Waals surface area contributed by atoms with Crippen LogP contribution < -0.4 is 4.74 Å². The van der Waals surface area contributed by atoms with Crippen LogP contribution >= 0.6 is 0 Å². The Hall–Kier alpha value is -3.66. The summed E-state index contributed by atoms with van der Waals surface area (Å²) in [6.45, 7) is 2.43. The Morgan fingerprint density at radius 3 is 2.43 bits per heavy atom. The standard InChI is InChI=1S/C24H19NO3/c1-16-7-12-22-20(13-16)21(24(26)27)14-23(25-22)18-8-10-19(11-9-18)28-15-17-5-3-2-4-6-17/h2-14H,15H2,1H3,(H,26,27). The van der Waals surface area contributed by atoms with Gasteiger partial charge in [0.05, 0.1) is 16.8 Å². The molecule has 1 N–H and O–H groups in total. The first-order valence-corrected chi connectivity index (χ1v) is 9.02. The van der Waals surface area contributed by atoms with Gasteiger partial charge in [0.2, 0.25) is 0 Å². The average molecular weight is 369 g/mol. The van der Waals surface area contributed by atoms with Crippen LogP contribution in [0.4, 0.5) is 0 Å². The molecule has 4 nitrogen and oxygen atoms in total. The first kappa shape index (κ1) is 17.7. The van der Waals surface area contributed by atoms with E-state index in [1.807, 2.05) is 79.7 Å². The van der Waals surface area contributed by atoms with Crippen LogP contribution in [0.15, 0.2) is 78.9 Å². The summed E-state index contributed by atoms with van der Waals surface area (Å²) in [7, 11) is 0. The number of carboxylic acids is 1. The summed E-state index contributed by atoms with van der Waals surface area (Å²) in [6, 6.07) is 24.8. The number of hydrogen-bond acceptors (Lipinski definition) is 3. The maximum atomic E-state index is 11.7. The Balaban J connectivity index is 1.62. The lowest BCUT2D eigenvalue weighted by Crippen LogP contribution is -2.00. The van der Waals surface area contributed by atoms with E-state index < -0.39 is 5.97 Å². The number of rotatable bonds is 5. The Kier molecular flexibility index (Phi) is 4.77. The molecule has 4 rings (SSSR count). The van der Waals surface area contributed by atoms with E-state index in [0.29, 0.717) is 23.2 Å². The SMILES string of the molecule is Cc1ccc2nc(-c3ccc(OCc4ccccc4)cc3)cc(C(=O)O)c2c1. The van der Waals surface area contributed by atoms with Gasteiger partial charge in [0.1, 0.15) is 12.4 Å². The van der Waals surface area contributed by atoms with Gasteiger partial charge in [0, 0.05) is 10.9 Å². The third-order valence-corrected chi connectivity index (χ3v) is 4.59. The van der Waals surface area contributed by atoms with E-state index in [-0.39, 0.29) is 5.56 Å². The van der Waals surface area contributed by atoms with Crippen molar-refractivity contribution < 1.29 is 14.6 Å². The van der Waals surface area contributed by atoms with Gasteiger partial charge in [-0.2, -0.15) is 0 Å². The highest BCUT2D eigenvalue weighted by atomic mass is 16.5. The molecular formula is C24H19NO3. The zero-order valence-corrected chi connectivity index (χ0v) is 15.4. The molecule has 0 aliphatic carbocycles. The fraction of sp³-hybridized carbons (Fsp3) is 0.0833. The highest BCUT2D eigenvalue weighted by molar-refractivity contribution is 6.03. The summed E-state index contributed by atoms with van der Waals surface area (Å²) in [5.41, 5.74) is 4.51. The fourth-order valence-corrected chi connectivity index (χ4v) is 3.13. The Morgan fingerprint density at radius 1 is 0.964 bits per heavy atom. The van der Waals surface area contributed by atoms with Crippen LogP contribution in [0.5, 0.6) is 5.75 Å². The molecule has 0 fully saturated rings. The summed E-state index contributed by atoms with van der Waals surface area (Å²) < 4.78 is 5.81. The normalized spacial score (nSPS) is 10.8. The number of benzene rings is 3. The van der Waals surface area contributed by atoms with Crippen LogP contribution in [0.25, 0.3) is 22.2 Å². The second-order valence-corrected chi connectivity index (χ2v) is 6.68. The number of ether oxygens (including phenoxy) is 1. The van der Waals surface area contributed by atoms with E-state index in [2.05, 4.69) is 4.98 Å². The van der Waals surface area contributed by atoms with Gasteiger partial charge in [-0.1, -0.05) is 42.0 Å². The lowest BCUT2D eigenvalue weighted by Gasteiger charge is -2.10. The molecule has 0 saturated carbocycles. The molecule has 0 unspecified atom stereocenters. The predicted octanol–water partition coefficient (Wildman–Crippen LogP) is 5.49. The minimum atomic E-state index is -0.956. The Bertz CT molecular complexity index is 1140. The molecule has 0 amide bonds. The maximum Gasteiger partial charge on any atom is 0.336 e. The number of aromatic carboxylic acids is 1. The molecule has 1 aromatic heterocycles. The predicted molar refractivity (Wildman–Crippen MR) is 110 cm³/mol. The highest BCUT2D eigenvalue weighted by Crippen LogP contribution is 2.27. The van der Waals surface area contributed by atoms with Crippen molar-refractivity contribution in [3.05, 3.63) is 95.6 Å². The summed E-state index contributed by atoms with van der Waals surface area (Å²) in [6.07, 6.45) is 0. The van der Waals surface area contributed by atoms with Gasteiger partial charge in [-0.05, 0) is 55.0 Å². The third kappa shape index (κ3) is 3.71. The molecule has 0 bridgehead atoms. The van der Waals surface area contributed by atoms with E-state index >= 15 is 0 Å². The molecule has 138 valence electrons. The van der Waals surface area contributed by atoms with Gasteiger partial charge in [0.15, 0.2) is 0 Å². The monoisotopic (exact) mass is 369 g/mol. The molecule has 1 heterocycles. The molecule has 0 saturated heterocycles. The lowest BCUT2D eigenvalue weighted by molar-refractivity contribution is 0.0699. The van der Waals surface area contributed by atoms with Crippen LogP contribution in [0.2, 0.25) is 0 Å². The van der Waals surface area contributed by atoms with Gasteiger partial charge >= 0.3 is 5.97 Å². The van der Waals surface area contributed by atoms with E-state index in [1.165, 1.54) is 0 Å². The fourth-order valence-electron chi connectivity index (χ4n) is 3.13. The van der Waals surface area contributed by atoms with Gasteiger partial charge in [0.25, 0.3) is 0 Å². The molecule has 0 aliphatic heterocycles. The van der Waals surface area contributed by atoms with Crippen molar-refractivity contribution in [2.24, 2.45) is 0 Å². The topological polar surface area (TPSA) is 59.4 Å². The lowest BCUT2D eigenvalue weighted by atomic mass is 10.0. The first-order valence-electron chi connectivity index (χ1n) is 9.02. The van der Waals surface area contributed by atoms with Gasteiger partial charge in [-0.25, -0.2) is 9.78 Å². The maximum absolute atomic E-state index is 11.7. The highest BCUT2D eigenvalue weighted by Gasteiger charge is 2.13. The minimum absolute atomic E-state index is 0.258. The van der Waals surface area contributed by atoms with E-state index in [0.717, 1.165) is 22.4 Å². The number of pyridine rings is 1. The number of carboxylic acid groups (broad SMARTS) is 1. The van der Waals surface area contributed by atoms with E-state index in [9.17, 15) is 9.90 Å². The van der Waals surface area contributed by atoms with Crippen LogP contribution in [0.3, 0.4) is 0 Å². The Labute approximate surface area is 163 Å². The second-order valence-electron chi connectivity index (χ2n) is 6.68. The largest absolute Gasteiger partial charge is 0.489 e. The van der Waals surface area contributed by atoms with Crippen molar-refractivity contribution in [3.8, 4) is 17.0 Å². The molecule has 0 aliphatic rings. The van der Waals surface area contributed by atoms with Crippen molar-refractivity contribution in [1.82, 2.24) is 4.98 Å². The van der Waals surface area contributed by atoms with E-state index in [1.54, 1.807) is 6.07 Å². The number of carbonyl (C=O) groups is 1. The number of nitrogens with zero attached hydrogens (tertiary/aromatic N) is 1. The van der Waals surface area contributed by atoms with Crippen molar-refractivity contribution in [3.63, 3.8) is 0 Å². The van der Waals surface area contributed by atoms with Gasteiger partial charge in [-0.3, -0.25) is 0 Å². The summed E-state index contributed by atoms with van der Waals surface area (Å²) in [5.74, 6) is -0.204. The van der Waals surface area contributed by atoms with Crippen LogP contribution in [0, 0.1) is 6.92 Å². The van der Waals surface area contributed by atoms with Crippen molar-refractivity contribution in [2.75, 3.05) is 0 Å². The number of fused-ring (bicyclic) bond motifs is 1. The number of hydrogen-bond donors (Lipinski definition) is 1. The smallest absolute Gasteiger partial charge is 0.336 e. The van der Waals surface area contributed by atoms with Crippen LogP contribution in [-0.2, 0) is 6.61 Å². The van der Waals surface area contributed by atoms with Gasteiger partial charge < -0.3 is 9.84 Å². The van der Waals surface area contributed by atoms with Crippen molar-refractivity contribution >= 4 is 16.9 Å². The third-order valence-electron chi connectivity index (χ3n) is 4.59. The van der Waals surface area contributed by atoms with E-state index in [4.69, 9.17) is 4.74 Å². The molecule has 4 aromatic rings. The van der Waals surface area contributed by atoms with Crippen LogP contribution in [-0.4, -0.2) is 16.1 Å². The molecule has 3 aromatic carbocycles. The molecule has 28 heavy (non-hydrogen) atoms. The quantitative estimate of drug-likeness (QED) is 0.505. The zero-order valence-electron chi connectivity index (χ0n) is 15.4. The zero-order chi connectivity index (χ0) is 19.5. The molecule has 0 spiro atoms. The second kappa shape index (κ2) is 7.53. The Morgan fingerprint density at radius 2 is 1.71 bits per heavy atom. The summed E-state index contributed by atoms with van der Waals surface area (Å²) in [5, 5.41) is 10.3. The number of aromatic nitrogens is 1. The molecule has 0 atom stereocenters. The molecule has 0 radical (unpaired) electrons. The number of aryl methyl sites for hydroxylation is 1. The minimum Gasteiger partial charge on any atom is -0.489 e. The molecule has 4 heteroatoms. The summed E-state index contributed by atoms with van der Waals surface area (Å²) >= 11 is 0. The van der Waals surface area contributed by atoms with Crippen molar-refractivity contribution in [2.45, 2.75) is 13.5 Å². The van der Waals surface area contributed by atoms with Crippen molar-refractivity contribution in [1.29, 1.82) is 0 Å². The average Bonchev–Trinajstić information content (AvgIpc) is 2.72.